The summed E-state index contributed by atoms with van der Waals surface area (Å²) in [5, 5.41) is 2.49. The first-order chi connectivity index (χ1) is 9.81. The first-order valence-corrected chi connectivity index (χ1v) is 7.23. The second-order valence-electron chi connectivity index (χ2n) is 4.78. The molecular weight excluding hydrogens is 312 g/mol. The summed E-state index contributed by atoms with van der Waals surface area (Å²) in [4.78, 5) is 4.71. The minimum atomic E-state index is 0.940. The molecule has 4 aromatic rings. The first-order valence-electron chi connectivity index (χ1n) is 6.44. The Kier molecular flexibility index (Phi) is 2.60. The molecule has 0 spiro atoms. The van der Waals surface area contributed by atoms with Crippen LogP contribution in [0.3, 0.4) is 0 Å². The van der Waals surface area contributed by atoms with Gasteiger partial charge in [0.15, 0.2) is 5.65 Å². The van der Waals surface area contributed by atoms with E-state index in [2.05, 4.69) is 64.6 Å². The quantitative estimate of drug-likeness (QED) is 0.486. The molecule has 96 valence electrons. The fraction of sp³-hybridized carbons (Fsp3) is 0. The van der Waals surface area contributed by atoms with Crippen molar-refractivity contribution in [1.82, 2.24) is 9.38 Å². The van der Waals surface area contributed by atoms with E-state index in [9.17, 15) is 0 Å². The van der Waals surface area contributed by atoms with Gasteiger partial charge in [0.05, 0.1) is 10.2 Å². The van der Waals surface area contributed by atoms with Gasteiger partial charge in [0, 0.05) is 18.0 Å². The number of aromatic nitrogens is 2. The summed E-state index contributed by atoms with van der Waals surface area (Å²) in [7, 11) is 0. The average molecular weight is 323 g/mol. The van der Waals surface area contributed by atoms with Gasteiger partial charge < -0.3 is 4.40 Å². The predicted molar refractivity (Wildman–Crippen MR) is 85.8 cm³/mol. The molecule has 0 aliphatic rings. The molecule has 0 atom stereocenters. The Morgan fingerprint density at radius 1 is 0.900 bits per heavy atom. The zero-order valence-electron chi connectivity index (χ0n) is 10.6. The Hall–Kier alpha value is -2.13. The van der Waals surface area contributed by atoms with Crippen molar-refractivity contribution in [2.45, 2.75) is 0 Å². The summed E-state index contributed by atoms with van der Waals surface area (Å²) in [6.45, 7) is 0. The Morgan fingerprint density at radius 2 is 1.75 bits per heavy atom. The molecule has 0 saturated carbocycles. The zero-order chi connectivity index (χ0) is 13.5. The molecule has 0 unspecified atom stereocenters. The molecule has 3 heteroatoms. The maximum Gasteiger partial charge on any atom is 0.151 e. The maximum atomic E-state index is 4.71. The monoisotopic (exact) mass is 322 g/mol. The van der Waals surface area contributed by atoms with E-state index in [4.69, 9.17) is 4.98 Å². The molecule has 2 aromatic carbocycles. The van der Waals surface area contributed by atoms with Crippen LogP contribution in [-0.2, 0) is 0 Å². The van der Waals surface area contributed by atoms with E-state index in [1.807, 2.05) is 22.7 Å². The molecule has 0 saturated heterocycles. The largest absolute Gasteiger partial charge is 0.306 e. The Morgan fingerprint density at radius 3 is 2.60 bits per heavy atom. The molecular formula is C17H11BrN2. The third-order valence-corrected chi connectivity index (χ3v) is 4.10. The summed E-state index contributed by atoms with van der Waals surface area (Å²) in [5.41, 5.74) is 3.07. The molecule has 2 heterocycles. The normalized spacial score (nSPS) is 11.2. The van der Waals surface area contributed by atoms with Crippen LogP contribution in [0.15, 0.2) is 71.5 Å². The highest BCUT2D eigenvalue weighted by atomic mass is 79.9. The highest BCUT2D eigenvalue weighted by Gasteiger charge is 2.07. The second kappa shape index (κ2) is 4.46. The highest BCUT2D eigenvalue weighted by molar-refractivity contribution is 9.10. The number of fused-ring (bicyclic) bond motifs is 2. The number of nitrogens with zero attached hydrogens (tertiary/aromatic N) is 2. The van der Waals surface area contributed by atoms with E-state index in [-0.39, 0.29) is 0 Å². The smallest absolute Gasteiger partial charge is 0.151 e. The minimum absolute atomic E-state index is 0.940. The summed E-state index contributed by atoms with van der Waals surface area (Å²) >= 11 is 3.54. The number of hydrogen-bond acceptors (Lipinski definition) is 1. The Balaban J connectivity index is 1.94. The van der Waals surface area contributed by atoms with Crippen molar-refractivity contribution in [1.29, 1.82) is 0 Å². The van der Waals surface area contributed by atoms with Gasteiger partial charge in [-0.1, -0.05) is 36.4 Å². The van der Waals surface area contributed by atoms with Gasteiger partial charge in [-0.05, 0) is 44.9 Å². The molecule has 0 aliphatic carbocycles. The molecule has 2 nitrogen and oxygen atoms in total. The Bertz CT molecular complexity index is 924. The number of halogens is 1. The van der Waals surface area contributed by atoms with Crippen LogP contribution in [0.4, 0.5) is 0 Å². The third kappa shape index (κ3) is 1.82. The van der Waals surface area contributed by atoms with Gasteiger partial charge in [0.2, 0.25) is 0 Å². The van der Waals surface area contributed by atoms with Gasteiger partial charge in [-0.3, -0.25) is 0 Å². The molecule has 0 fully saturated rings. The molecule has 0 radical (unpaired) electrons. The number of benzene rings is 2. The molecule has 0 N–H and O–H groups in total. The van der Waals surface area contributed by atoms with Gasteiger partial charge in [-0.25, -0.2) is 4.98 Å². The lowest BCUT2D eigenvalue weighted by Crippen LogP contribution is -1.80. The van der Waals surface area contributed by atoms with Crippen LogP contribution in [0.2, 0.25) is 0 Å². The van der Waals surface area contributed by atoms with E-state index in [0.717, 1.165) is 21.4 Å². The van der Waals surface area contributed by atoms with Gasteiger partial charge in [-0.15, -0.1) is 0 Å². The molecule has 20 heavy (non-hydrogen) atoms. The van der Waals surface area contributed by atoms with Crippen molar-refractivity contribution in [3.63, 3.8) is 0 Å². The first kappa shape index (κ1) is 11.7. The van der Waals surface area contributed by atoms with E-state index < -0.39 is 0 Å². The third-order valence-electron chi connectivity index (χ3n) is 3.48. The van der Waals surface area contributed by atoms with Gasteiger partial charge in [0.1, 0.15) is 0 Å². The van der Waals surface area contributed by atoms with Crippen molar-refractivity contribution in [3.8, 4) is 11.3 Å². The standard InChI is InChI=1S/C17H11BrN2/c18-15-6-3-9-20-11-16(19-17(15)20)14-8-7-12-4-1-2-5-13(12)10-14/h1-11H. The van der Waals surface area contributed by atoms with Crippen molar-refractivity contribution < 1.29 is 0 Å². The lowest BCUT2D eigenvalue weighted by atomic mass is 10.1. The summed E-state index contributed by atoms with van der Waals surface area (Å²) in [5.74, 6) is 0. The lowest BCUT2D eigenvalue weighted by Gasteiger charge is -2.00. The zero-order valence-corrected chi connectivity index (χ0v) is 12.2. The number of pyridine rings is 1. The van der Waals surface area contributed by atoms with Crippen LogP contribution < -0.4 is 0 Å². The molecule has 2 aromatic heterocycles. The van der Waals surface area contributed by atoms with Crippen LogP contribution in [0.5, 0.6) is 0 Å². The van der Waals surface area contributed by atoms with Crippen LogP contribution >= 0.6 is 15.9 Å². The van der Waals surface area contributed by atoms with Crippen LogP contribution in [0, 0.1) is 0 Å². The molecule has 4 rings (SSSR count). The topological polar surface area (TPSA) is 17.3 Å². The van der Waals surface area contributed by atoms with Crippen molar-refractivity contribution in [2.24, 2.45) is 0 Å². The Labute approximate surface area is 124 Å². The van der Waals surface area contributed by atoms with E-state index in [1.54, 1.807) is 0 Å². The van der Waals surface area contributed by atoms with Crippen LogP contribution in [0.25, 0.3) is 27.7 Å². The van der Waals surface area contributed by atoms with Crippen LogP contribution in [0.1, 0.15) is 0 Å². The molecule has 0 bridgehead atoms. The van der Waals surface area contributed by atoms with Crippen molar-refractivity contribution in [3.05, 3.63) is 71.5 Å². The van der Waals surface area contributed by atoms with E-state index in [1.165, 1.54) is 10.8 Å². The highest BCUT2D eigenvalue weighted by Crippen LogP contribution is 2.26. The lowest BCUT2D eigenvalue weighted by molar-refractivity contribution is 1.18. The van der Waals surface area contributed by atoms with Crippen molar-refractivity contribution in [2.75, 3.05) is 0 Å². The van der Waals surface area contributed by atoms with Crippen LogP contribution in [-0.4, -0.2) is 9.38 Å². The second-order valence-corrected chi connectivity index (χ2v) is 5.63. The van der Waals surface area contributed by atoms with Crippen molar-refractivity contribution >= 4 is 32.3 Å². The maximum absolute atomic E-state index is 4.71. The number of hydrogen-bond donors (Lipinski definition) is 0. The number of rotatable bonds is 1. The van der Waals surface area contributed by atoms with E-state index in [0.29, 0.717) is 0 Å². The fourth-order valence-electron chi connectivity index (χ4n) is 2.47. The van der Waals surface area contributed by atoms with Gasteiger partial charge in [0.25, 0.3) is 0 Å². The summed E-state index contributed by atoms with van der Waals surface area (Å²) < 4.78 is 3.04. The predicted octanol–water partition coefficient (Wildman–Crippen LogP) is 4.92. The SMILES string of the molecule is Brc1cccn2cc(-c3ccc4ccccc4c3)nc12. The summed E-state index contributed by atoms with van der Waals surface area (Å²) in [6.07, 6.45) is 4.07. The van der Waals surface area contributed by atoms with Gasteiger partial charge >= 0.3 is 0 Å². The molecule has 0 aliphatic heterocycles. The number of imidazole rings is 1. The van der Waals surface area contributed by atoms with Gasteiger partial charge in [-0.2, -0.15) is 0 Å². The fourth-order valence-corrected chi connectivity index (χ4v) is 2.91. The minimum Gasteiger partial charge on any atom is -0.306 e. The summed E-state index contributed by atoms with van der Waals surface area (Å²) in [6, 6.07) is 18.8. The molecule has 0 amide bonds. The average Bonchev–Trinajstić information content (AvgIpc) is 2.92. The van der Waals surface area contributed by atoms with E-state index >= 15 is 0 Å².